The van der Waals surface area contributed by atoms with E-state index in [4.69, 9.17) is 14.2 Å². The molecule has 0 saturated carbocycles. The normalized spacial score (nSPS) is 11.8. The van der Waals surface area contributed by atoms with Gasteiger partial charge < -0.3 is 18.8 Å². The molecule has 1 aromatic heterocycles. The third kappa shape index (κ3) is 4.83. The molecule has 1 amide bonds. The third-order valence-electron chi connectivity index (χ3n) is 4.39. The van der Waals surface area contributed by atoms with E-state index in [9.17, 15) is 4.79 Å². The predicted molar refractivity (Wildman–Crippen MR) is 118 cm³/mol. The summed E-state index contributed by atoms with van der Waals surface area (Å²) in [7, 11) is 3.09. The molecule has 3 rings (SSSR count). The van der Waals surface area contributed by atoms with Crippen molar-refractivity contribution in [3.8, 4) is 11.5 Å². The molecule has 0 saturated heterocycles. The minimum Gasteiger partial charge on any atom is -0.497 e. The number of hydrogen-bond acceptors (Lipinski definition) is 6. The highest BCUT2D eigenvalue weighted by atomic mass is 32.2. The zero-order valence-electron chi connectivity index (χ0n) is 16.9. The van der Waals surface area contributed by atoms with Crippen molar-refractivity contribution in [1.29, 1.82) is 0 Å². The summed E-state index contributed by atoms with van der Waals surface area (Å²) in [6, 6.07) is 11.4. The average molecular weight is 433 g/mol. The number of thiazole rings is 1. The lowest BCUT2D eigenvalue weighted by molar-refractivity contribution is 0.0993. The van der Waals surface area contributed by atoms with E-state index in [1.807, 2.05) is 17.7 Å². The quantitative estimate of drug-likeness (QED) is 0.394. The van der Waals surface area contributed by atoms with E-state index in [2.05, 4.69) is 23.2 Å². The number of amides is 1. The first-order valence-corrected chi connectivity index (χ1v) is 11.2. The smallest absolute Gasteiger partial charge is 0.283 e. The van der Waals surface area contributed by atoms with Gasteiger partial charge in [0.25, 0.3) is 5.91 Å². The molecule has 2 aromatic carbocycles. The Hall–Kier alpha value is -2.29. The molecule has 0 N–H and O–H groups in total. The Bertz CT molecular complexity index is 1070. The van der Waals surface area contributed by atoms with Gasteiger partial charge in [-0.1, -0.05) is 11.3 Å². The van der Waals surface area contributed by atoms with Gasteiger partial charge in [-0.3, -0.25) is 4.79 Å². The first-order valence-electron chi connectivity index (χ1n) is 9.17. The van der Waals surface area contributed by atoms with Crippen molar-refractivity contribution >= 4 is 39.2 Å². The Morgan fingerprint density at radius 2 is 2.00 bits per heavy atom. The molecule has 6 nitrogen and oxygen atoms in total. The molecule has 0 unspecified atom stereocenters. The summed E-state index contributed by atoms with van der Waals surface area (Å²) < 4.78 is 19.2. The second-order valence-electron chi connectivity index (χ2n) is 6.05. The molecular weight excluding hydrogens is 408 g/mol. The highest BCUT2D eigenvalue weighted by Gasteiger charge is 2.15. The molecule has 1 heterocycles. The van der Waals surface area contributed by atoms with Crippen LogP contribution in [0.15, 0.2) is 46.3 Å². The molecule has 0 spiro atoms. The van der Waals surface area contributed by atoms with Crippen molar-refractivity contribution in [1.82, 2.24) is 4.57 Å². The lowest BCUT2D eigenvalue weighted by Gasteiger charge is -2.08. The van der Waals surface area contributed by atoms with E-state index in [0.29, 0.717) is 41.6 Å². The van der Waals surface area contributed by atoms with Crippen molar-refractivity contribution in [2.75, 3.05) is 33.7 Å². The number of carbonyl (C=O) groups is 1. The molecule has 0 radical (unpaired) electrons. The van der Waals surface area contributed by atoms with Gasteiger partial charge in [-0.2, -0.15) is 4.99 Å². The summed E-state index contributed by atoms with van der Waals surface area (Å²) in [6.07, 6.45) is 2.04. The summed E-state index contributed by atoms with van der Waals surface area (Å²) in [5.74, 6) is 0.670. The van der Waals surface area contributed by atoms with Crippen molar-refractivity contribution < 1.29 is 19.0 Å². The van der Waals surface area contributed by atoms with E-state index < -0.39 is 0 Å². The molecule has 0 atom stereocenters. The highest BCUT2D eigenvalue weighted by Crippen LogP contribution is 2.26. The van der Waals surface area contributed by atoms with Crippen LogP contribution in [0.5, 0.6) is 11.5 Å². The minimum absolute atomic E-state index is 0.366. The standard InChI is InChI=1S/C21H24N2O4S2/c1-5-27-11-10-23-17-8-7-15(28-4)13-19(17)29-21(23)22-20(24)16-12-14(25-2)6-9-18(16)26-3/h6-9,12-13H,5,10-11H2,1-4H3. The van der Waals surface area contributed by atoms with Crippen LogP contribution >= 0.6 is 23.1 Å². The Kier molecular flexibility index (Phi) is 7.35. The van der Waals surface area contributed by atoms with Crippen LogP contribution in [0.25, 0.3) is 10.2 Å². The molecule has 0 fully saturated rings. The molecular formula is C21H24N2O4S2. The van der Waals surface area contributed by atoms with Gasteiger partial charge >= 0.3 is 0 Å². The van der Waals surface area contributed by atoms with Gasteiger partial charge in [0.2, 0.25) is 0 Å². The Balaban J connectivity index is 2.10. The van der Waals surface area contributed by atoms with Gasteiger partial charge in [0, 0.05) is 18.0 Å². The number of fused-ring (bicyclic) bond motifs is 1. The fraction of sp³-hybridized carbons (Fsp3) is 0.333. The van der Waals surface area contributed by atoms with Crippen LogP contribution in [-0.4, -0.2) is 44.2 Å². The number of hydrogen-bond donors (Lipinski definition) is 0. The maximum absolute atomic E-state index is 13.0. The number of aromatic nitrogens is 1. The number of ether oxygens (including phenoxy) is 3. The number of thioether (sulfide) groups is 1. The van der Waals surface area contributed by atoms with E-state index in [1.165, 1.54) is 23.3 Å². The zero-order valence-corrected chi connectivity index (χ0v) is 18.6. The van der Waals surface area contributed by atoms with Gasteiger partial charge in [-0.15, -0.1) is 11.8 Å². The van der Waals surface area contributed by atoms with Crippen molar-refractivity contribution in [3.05, 3.63) is 46.8 Å². The summed E-state index contributed by atoms with van der Waals surface area (Å²) >= 11 is 3.18. The number of rotatable bonds is 8. The topological polar surface area (TPSA) is 62.1 Å². The van der Waals surface area contributed by atoms with Crippen LogP contribution in [0.4, 0.5) is 0 Å². The molecule has 0 aliphatic rings. The first kappa shape index (κ1) is 21.4. The van der Waals surface area contributed by atoms with E-state index in [-0.39, 0.29) is 5.91 Å². The molecule has 29 heavy (non-hydrogen) atoms. The number of nitrogens with zero attached hydrogens (tertiary/aromatic N) is 2. The molecule has 8 heteroatoms. The summed E-state index contributed by atoms with van der Waals surface area (Å²) in [5.41, 5.74) is 1.40. The maximum atomic E-state index is 13.0. The second-order valence-corrected chi connectivity index (χ2v) is 7.94. The van der Waals surface area contributed by atoms with Crippen LogP contribution in [0, 0.1) is 0 Å². The van der Waals surface area contributed by atoms with Gasteiger partial charge in [0.15, 0.2) is 4.80 Å². The Morgan fingerprint density at radius 3 is 2.69 bits per heavy atom. The first-order chi connectivity index (χ1) is 14.1. The van der Waals surface area contributed by atoms with E-state index in [0.717, 1.165) is 10.2 Å². The van der Waals surface area contributed by atoms with Crippen molar-refractivity contribution in [2.45, 2.75) is 18.4 Å². The van der Waals surface area contributed by atoms with Crippen LogP contribution in [-0.2, 0) is 11.3 Å². The summed E-state index contributed by atoms with van der Waals surface area (Å²) in [4.78, 5) is 19.2. The Morgan fingerprint density at radius 1 is 1.17 bits per heavy atom. The monoisotopic (exact) mass is 432 g/mol. The second kappa shape index (κ2) is 9.96. The Labute approximate surface area is 178 Å². The molecule has 3 aromatic rings. The largest absolute Gasteiger partial charge is 0.497 e. The number of benzene rings is 2. The van der Waals surface area contributed by atoms with Crippen molar-refractivity contribution in [2.24, 2.45) is 4.99 Å². The van der Waals surface area contributed by atoms with Crippen LogP contribution in [0.2, 0.25) is 0 Å². The van der Waals surface area contributed by atoms with E-state index >= 15 is 0 Å². The summed E-state index contributed by atoms with van der Waals surface area (Å²) in [5, 5.41) is 0. The molecule has 0 aliphatic heterocycles. The van der Waals surface area contributed by atoms with Crippen molar-refractivity contribution in [3.63, 3.8) is 0 Å². The lowest BCUT2D eigenvalue weighted by Crippen LogP contribution is -2.20. The van der Waals surface area contributed by atoms with Crippen LogP contribution < -0.4 is 14.3 Å². The third-order valence-corrected chi connectivity index (χ3v) is 6.15. The lowest BCUT2D eigenvalue weighted by atomic mass is 10.2. The molecule has 154 valence electrons. The number of carbonyl (C=O) groups excluding carboxylic acids is 1. The van der Waals surface area contributed by atoms with Crippen LogP contribution in [0.3, 0.4) is 0 Å². The van der Waals surface area contributed by atoms with Gasteiger partial charge in [0.05, 0.1) is 36.6 Å². The SMILES string of the molecule is CCOCCn1c(=NC(=O)c2cc(OC)ccc2OC)sc2cc(SC)ccc21. The fourth-order valence-corrected chi connectivity index (χ4v) is 4.52. The maximum Gasteiger partial charge on any atom is 0.283 e. The predicted octanol–water partition coefficient (Wildman–Crippen LogP) is 4.22. The van der Waals surface area contributed by atoms with Gasteiger partial charge in [-0.05, 0) is 49.6 Å². The van der Waals surface area contributed by atoms with Gasteiger partial charge in [-0.25, -0.2) is 0 Å². The average Bonchev–Trinajstić information content (AvgIpc) is 3.09. The molecule has 0 bridgehead atoms. The zero-order chi connectivity index (χ0) is 20.8. The van der Waals surface area contributed by atoms with E-state index in [1.54, 1.807) is 37.1 Å². The molecule has 0 aliphatic carbocycles. The van der Waals surface area contributed by atoms with Gasteiger partial charge in [0.1, 0.15) is 11.5 Å². The highest BCUT2D eigenvalue weighted by molar-refractivity contribution is 7.98. The van der Waals surface area contributed by atoms with Crippen LogP contribution in [0.1, 0.15) is 17.3 Å². The summed E-state index contributed by atoms with van der Waals surface area (Å²) in [6.45, 7) is 3.78. The number of methoxy groups -OCH3 is 2. The fourth-order valence-electron chi connectivity index (χ4n) is 2.91. The minimum atomic E-state index is -0.373.